The summed E-state index contributed by atoms with van der Waals surface area (Å²) in [6.07, 6.45) is 0. The van der Waals surface area contributed by atoms with Crippen molar-refractivity contribution < 1.29 is 5.48 Å². The minimum Gasteiger partial charge on any atom is -0.412 e. The van der Waals surface area contributed by atoms with Gasteiger partial charge in [-0.25, -0.2) is 0 Å². The second kappa shape index (κ2) is 127. The summed E-state index contributed by atoms with van der Waals surface area (Å²) >= 11 is 0. The minimum absolute atomic E-state index is 0. The molecule has 0 amide bonds. The van der Waals surface area contributed by atoms with E-state index in [1.54, 1.807) is 0 Å². The molecule has 0 aromatic rings. The molecule has 1 atom stereocenters. The highest BCUT2D eigenvalue weighted by molar-refractivity contribution is 6.92. The summed E-state index contributed by atoms with van der Waals surface area (Å²) in [6.45, 7) is 0. The van der Waals surface area contributed by atoms with Crippen molar-refractivity contribution in [3.05, 3.63) is 0 Å². The SMILES string of the molecule is C.C.O.P. The molecule has 0 heterocycles. The molecule has 0 aromatic carbocycles. The van der Waals surface area contributed by atoms with Crippen LogP contribution in [0.3, 0.4) is 0 Å². The van der Waals surface area contributed by atoms with E-state index in [0.29, 0.717) is 0 Å². The molecule has 1 unspecified atom stereocenters. The normalized spacial score (nSPS) is 0. The van der Waals surface area contributed by atoms with Crippen LogP contribution in [0, 0.1) is 0 Å². The van der Waals surface area contributed by atoms with Gasteiger partial charge in [0.2, 0.25) is 0 Å². The fraction of sp³-hybridized carbons (Fsp3) is 1.00. The molecular formula is C2H13OP. The first kappa shape index (κ1) is 332. The van der Waals surface area contributed by atoms with Crippen molar-refractivity contribution in [1.82, 2.24) is 0 Å². The van der Waals surface area contributed by atoms with Gasteiger partial charge in [-0.3, -0.25) is 0 Å². The predicted molar refractivity (Wildman–Crippen MR) is 28.2 cm³/mol. The van der Waals surface area contributed by atoms with Crippen LogP contribution in [-0.4, -0.2) is 5.48 Å². The van der Waals surface area contributed by atoms with E-state index in [-0.39, 0.29) is 30.2 Å². The van der Waals surface area contributed by atoms with Gasteiger partial charge in [0.1, 0.15) is 0 Å². The Morgan fingerprint density at radius 3 is 0.750 bits per heavy atom. The van der Waals surface area contributed by atoms with Crippen LogP contribution in [-0.2, 0) is 0 Å². The summed E-state index contributed by atoms with van der Waals surface area (Å²) in [4.78, 5) is 0. The molecule has 0 rings (SSSR count). The first-order chi connectivity index (χ1) is 0. The molecule has 4 heavy (non-hydrogen) atoms. The molecular weight excluding hydrogens is 71.0 g/mol. The quantitative estimate of drug-likeness (QED) is 0.383. The fourth-order valence-electron chi connectivity index (χ4n) is 0. The molecule has 32 valence electrons. The highest BCUT2D eigenvalue weighted by atomic mass is 31.0. The summed E-state index contributed by atoms with van der Waals surface area (Å²) in [5, 5.41) is 0. The zero-order chi connectivity index (χ0) is 0. The Balaban J connectivity index is 0. The van der Waals surface area contributed by atoms with Gasteiger partial charge in [0.15, 0.2) is 0 Å². The summed E-state index contributed by atoms with van der Waals surface area (Å²) in [5.74, 6) is 0. The highest BCUT2D eigenvalue weighted by Crippen LogP contribution is 0.861. The third-order valence-corrected chi connectivity index (χ3v) is 0. The van der Waals surface area contributed by atoms with Gasteiger partial charge >= 0.3 is 0 Å². The largest absolute Gasteiger partial charge is 0.412 e. The van der Waals surface area contributed by atoms with Gasteiger partial charge in [-0.05, 0) is 0 Å². The molecule has 0 saturated carbocycles. The molecule has 0 aliphatic rings. The lowest BCUT2D eigenvalue weighted by atomic mass is 12.0. The zero-order valence-corrected chi connectivity index (χ0v) is 2.62. The van der Waals surface area contributed by atoms with Gasteiger partial charge in [0.25, 0.3) is 0 Å². The molecule has 0 saturated heterocycles. The van der Waals surface area contributed by atoms with E-state index in [2.05, 4.69) is 0 Å². The van der Waals surface area contributed by atoms with Crippen molar-refractivity contribution in [1.29, 1.82) is 0 Å². The van der Waals surface area contributed by atoms with Crippen LogP contribution in [0.25, 0.3) is 0 Å². The van der Waals surface area contributed by atoms with Gasteiger partial charge in [-0.2, -0.15) is 9.90 Å². The average molecular weight is 84.1 g/mol. The fourth-order valence-corrected chi connectivity index (χ4v) is 0. The van der Waals surface area contributed by atoms with Crippen LogP contribution in [0.4, 0.5) is 0 Å². The lowest BCUT2D eigenvalue weighted by molar-refractivity contribution is 0.824. The van der Waals surface area contributed by atoms with Crippen LogP contribution in [0.5, 0.6) is 0 Å². The zero-order valence-electron chi connectivity index (χ0n) is 1.21. The summed E-state index contributed by atoms with van der Waals surface area (Å²) in [6, 6.07) is 0. The molecule has 0 aliphatic heterocycles. The van der Waals surface area contributed by atoms with Crippen LogP contribution in [0.2, 0.25) is 0 Å². The first-order valence-electron chi connectivity index (χ1n) is 0. The van der Waals surface area contributed by atoms with Crippen LogP contribution < -0.4 is 0 Å². The summed E-state index contributed by atoms with van der Waals surface area (Å²) < 4.78 is 0. The van der Waals surface area contributed by atoms with Crippen molar-refractivity contribution in [2.45, 2.75) is 14.9 Å². The third-order valence-electron chi connectivity index (χ3n) is 0. The second-order valence-electron chi connectivity index (χ2n) is 0. The molecule has 0 fully saturated rings. The van der Waals surface area contributed by atoms with E-state index in [0.717, 1.165) is 0 Å². The lowest BCUT2D eigenvalue weighted by Crippen LogP contribution is -0.289. The topological polar surface area (TPSA) is 31.5 Å². The Labute approximate surface area is 31.3 Å². The molecule has 2 N–H and O–H groups in total. The van der Waals surface area contributed by atoms with Gasteiger partial charge in [0.05, 0.1) is 0 Å². The summed E-state index contributed by atoms with van der Waals surface area (Å²) in [7, 11) is 0. The van der Waals surface area contributed by atoms with Crippen molar-refractivity contribution in [3.8, 4) is 0 Å². The number of hydrogen-bond donors (Lipinski definition) is 0. The van der Waals surface area contributed by atoms with Gasteiger partial charge < -0.3 is 5.48 Å². The molecule has 1 nitrogen and oxygen atoms in total. The van der Waals surface area contributed by atoms with Crippen molar-refractivity contribution in [3.63, 3.8) is 0 Å². The van der Waals surface area contributed by atoms with Crippen molar-refractivity contribution in [2.75, 3.05) is 0 Å². The highest BCUT2D eigenvalue weighted by Gasteiger charge is -0.0765. The van der Waals surface area contributed by atoms with Crippen molar-refractivity contribution in [2.24, 2.45) is 0 Å². The van der Waals surface area contributed by atoms with E-state index < -0.39 is 0 Å². The smallest absolute Gasteiger partial charge is 0.0776 e. The average Bonchev–Trinajstić information content (AvgIpc) is 0. The van der Waals surface area contributed by atoms with Crippen LogP contribution in [0.1, 0.15) is 14.9 Å². The molecule has 2 heteroatoms. The maximum Gasteiger partial charge on any atom is -0.0776 e. The number of hydrogen-bond acceptors (Lipinski definition) is 0. The van der Waals surface area contributed by atoms with Gasteiger partial charge in [-0.15, -0.1) is 0 Å². The molecule has 0 aromatic heterocycles. The molecule has 0 bridgehead atoms. The lowest BCUT2D eigenvalue weighted by Gasteiger charge is -0.412. The van der Waals surface area contributed by atoms with Gasteiger partial charge in [0, 0.05) is 0 Å². The van der Waals surface area contributed by atoms with Crippen molar-refractivity contribution >= 4 is 9.90 Å². The third kappa shape index (κ3) is 30.4. The maximum absolute atomic E-state index is 0. The summed E-state index contributed by atoms with van der Waals surface area (Å²) in [5.41, 5.74) is 0. The first-order valence-corrected chi connectivity index (χ1v) is 0. The van der Waals surface area contributed by atoms with E-state index in [9.17, 15) is 0 Å². The minimum atomic E-state index is 0. The van der Waals surface area contributed by atoms with E-state index in [1.165, 1.54) is 0 Å². The predicted octanol–water partition coefficient (Wildman–Crippen LogP) is 0.506. The molecule has 0 radical (unpaired) electrons. The van der Waals surface area contributed by atoms with Crippen LogP contribution in [0.15, 0.2) is 0 Å². The van der Waals surface area contributed by atoms with E-state index in [1.807, 2.05) is 0 Å². The van der Waals surface area contributed by atoms with Gasteiger partial charge in [-0.1, -0.05) is 14.9 Å². The number of rotatable bonds is 0. The molecule has 0 aliphatic carbocycles. The van der Waals surface area contributed by atoms with Crippen LogP contribution >= 0.6 is 9.90 Å². The Bertz CT molecular complexity index is 6.00. The Hall–Kier alpha value is 0.390. The Morgan fingerprint density at radius 1 is 0.750 bits per heavy atom. The Morgan fingerprint density at radius 2 is 0.750 bits per heavy atom. The van der Waals surface area contributed by atoms with E-state index in [4.69, 9.17) is 0 Å². The standard InChI is InChI=1S/2CH4.H2O.H3P/h2*1H4;1H2;1H3. The monoisotopic (exact) mass is 84.1 g/mol. The Kier molecular flexibility index (Phi) is 10600. The second-order valence-corrected chi connectivity index (χ2v) is 0. The van der Waals surface area contributed by atoms with E-state index >= 15 is 0 Å². The maximum atomic E-state index is 0. The molecule has 0 spiro atoms.